The minimum absolute atomic E-state index is 0.640. The molecule has 1 aromatic carbocycles. The average Bonchev–Trinajstić information content (AvgIpc) is 2.49. The summed E-state index contributed by atoms with van der Waals surface area (Å²) < 4.78 is 5.84. The van der Waals surface area contributed by atoms with E-state index in [0.29, 0.717) is 5.88 Å². The third-order valence-electron chi connectivity index (χ3n) is 3.56. The highest BCUT2D eigenvalue weighted by atomic mass is 16.5. The number of hydrogen-bond donors (Lipinski definition) is 1. The van der Waals surface area contributed by atoms with Crippen molar-refractivity contribution >= 4 is 6.08 Å². The number of rotatable bonds is 3. The van der Waals surface area contributed by atoms with E-state index in [1.165, 1.54) is 11.1 Å². The number of aromatic nitrogens is 1. The molecule has 0 saturated carbocycles. The van der Waals surface area contributed by atoms with Crippen LogP contribution in [0.5, 0.6) is 11.6 Å². The zero-order valence-electron chi connectivity index (χ0n) is 12.3. The normalized spacial score (nSPS) is 14.8. The Balaban J connectivity index is 1.76. The van der Waals surface area contributed by atoms with Crippen molar-refractivity contribution in [3.05, 3.63) is 59.3 Å². The van der Waals surface area contributed by atoms with Gasteiger partial charge in [0.05, 0.1) is 0 Å². The quantitative estimate of drug-likeness (QED) is 0.924. The van der Waals surface area contributed by atoms with E-state index in [2.05, 4.69) is 28.5 Å². The van der Waals surface area contributed by atoms with E-state index < -0.39 is 0 Å². The van der Waals surface area contributed by atoms with Crippen LogP contribution in [0.3, 0.4) is 0 Å². The van der Waals surface area contributed by atoms with Gasteiger partial charge in [0.1, 0.15) is 5.75 Å². The van der Waals surface area contributed by atoms with Crippen molar-refractivity contribution in [1.29, 1.82) is 0 Å². The number of nitrogens with zero attached hydrogens (tertiary/aromatic N) is 1. The van der Waals surface area contributed by atoms with Gasteiger partial charge in [-0.05, 0) is 56.6 Å². The van der Waals surface area contributed by atoms with Gasteiger partial charge in [-0.15, -0.1) is 0 Å². The number of pyridine rings is 1. The summed E-state index contributed by atoms with van der Waals surface area (Å²) in [6.45, 7) is 4.12. The number of ether oxygens (including phenoxy) is 1. The van der Waals surface area contributed by atoms with E-state index in [0.717, 1.165) is 37.4 Å². The Labute approximate surface area is 125 Å². The molecule has 1 saturated heterocycles. The van der Waals surface area contributed by atoms with Crippen LogP contribution in [0.25, 0.3) is 6.08 Å². The van der Waals surface area contributed by atoms with E-state index in [4.69, 9.17) is 4.74 Å². The largest absolute Gasteiger partial charge is 0.439 e. The summed E-state index contributed by atoms with van der Waals surface area (Å²) in [6.07, 6.45) is 4.53. The molecule has 3 rings (SSSR count). The van der Waals surface area contributed by atoms with Crippen LogP contribution in [0.4, 0.5) is 0 Å². The molecule has 1 aromatic heterocycles. The first-order chi connectivity index (χ1) is 10.3. The highest BCUT2D eigenvalue weighted by Crippen LogP contribution is 2.23. The fourth-order valence-corrected chi connectivity index (χ4v) is 2.49. The topological polar surface area (TPSA) is 34.1 Å². The Morgan fingerprint density at radius 3 is 2.71 bits per heavy atom. The molecule has 1 fully saturated rings. The minimum atomic E-state index is 0.640. The maximum absolute atomic E-state index is 5.84. The Morgan fingerprint density at radius 2 is 1.90 bits per heavy atom. The van der Waals surface area contributed by atoms with Crippen molar-refractivity contribution in [1.82, 2.24) is 10.3 Å². The van der Waals surface area contributed by atoms with Gasteiger partial charge < -0.3 is 10.1 Å². The maximum atomic E-state index is 5.84. The molecule has 1 aliphatic heterocycles. The fraction of sp³-hybridized carbons (Fsp3) is 0.278. The van der Waals surface area contributed by atoms with E-state index in [-0.39, 0.29) is 0 Å². The van der Waals surface area contributed by atoms with Crippen molar-refractivity contribution in [2.75, 3.05) is 13.1 Å². The van der Waals surface area contributed by atoms with Crippen LogP contribution in [0.2, 0.25) is 0 Å². The highest BCUT2D eigenvalue weighted by molar-refractivity contribution is 5.55. The van der Waals surface area contributed by atoms with Crippen molar-refractivity contribution < 1.29 is 4.74 Å². The number of nitrogens with one attached hydrogen (secondary N) is 1. The Morgan fingerprint density at radius 1 is 1.10 bits per heavy atom. The van der Waals surface area contributed by atoms with Crippen LogP contribution in [0, 0.1) is 6.92 Å². The summed E-state index contributed by atoms with van der Waals surface area (Å²) in [5.74, 6) is 1.47. The number of piperidine rings is 1. The van der Waals surface area contributed by atoms with Gasteiger partial charge in [-0.3, -0.25) is 0 Å². The van der Waals surface area contributed by atoms with E-state index in [1.54, 1.807) is 0 Å². The molecule has 0 unspecified atom stereocenters. The first-order valence-electron chi connectivity index (χ1n) is 7.41. The summed E-state index contributed by atoms with van der Waals surface area (Å²) in [5.41, 5.74) is 3.65. The van der Waals surface area contributed by atoms with Crippen molar-refractivity contribution in [3.8, 4) is 11.6 Å². The smallest absolute Gasteiger partial charge is 0.219 e. The van der Waals surface area contributed by atoms with Crippen LogP contribution in [-0.2, 0) is 0 Å². The van der Waals surface area contributed by atoms with E-state index >= 15 is 0 Å². The van der Waals surface area contributed by atoms with Gasteiger partial charge in [-0.1, -0.05) is 29.8 Å². The first-order valence-corrected chi connectivity index (χ1v) is 7.41. The molecule has 1 aliphatic rings. The first kappa shape index (κ1) is 13.8. The van der Waals surface area contributed by atoms with Crippen molar-refractivity contribution in [2.45, 2.75) is 19.8 Å². The lowest BCUT2D eigenvalue weighted by Gasteiger charge is -2.15. The van der Waals surface area contributed by atoms with E-state index in [1.807, 2.05) is 37.3 Å². The van der Waals surface area contributed by atoms with Gasteiger partial charge in [0.2, 0.25) is 5.88 Å². The Bertz CT molecular complexity index is 641. The average molecular weight is 280 g/mol. The molecular formula is C18H20N2O. The third-order valence-corrected chi connectivity index (χ3v) is 3.56. The molecule has 1 N–H and O–H groups in total. The molecule has 0 amide bonds. The second-order valence-corrected chi connectivity index (χ2v) is 5.34. The molecule has 108 valence electrons. The van der Waals surface area contributed by atoms with Gasteiger partial charge in [-0.2, -0.15) is 0 Å². The Kier molecular flexibility index (Phi) is 4.31. The minimum Gasteiger partial charge on any atom is -0.439 e. The lowest BCUT2D eigenvalue weighted by atomic mass is 10.0. The van der Waals surface area contributed by atoms with Crippen LogP contribution in [0.1, 0.15) is 24.1 Å². The summed E-state index contributed by atoms with van der Waals surface area (Å²) in [4.78, 5) is 4.37. The van der Waals surface area contributed by atoms with Crippen LogP contribution >= 0.6 is 0 Å². The summed E-state index contributed by atoms with van der Waals surface area (Å²) in [5, 5.41) is 3.38. The molecule has 2 heterocycles. The van der Waals surface area contributed by atoms with Crippen molar-refractivity contribution in [2.24, 2.45) is 0 Å². The van der Waals surface area contributed by atoms with Crippen LogP contribution in [-0.4, -0.2) is 18.1 Å². The second kappa shape index (κ2) is 6.55. The monoisotopic (exact) mass is 280 g/mol. The lowest BCUT2D eigenvalue weighted by molar-refractivity contribution is 0.461. The van der Waals surface area contributed by atoms with Gasteiger partial charge in [-0.25, -0.2) is 4.98 Å². The number of aryl methyl sites for hydroxylation is 1. The SMILES string of the molecule is Cc1cccc(Oc2cccc(C=C3CCNCC3)c2)n1. The molecule has 0 spiro atoms. The summed E-state index contributed by atoms with van der Waals surface area (Å²) in [6, 6.07) is 14.0. The zero-order chi connectivity index (χ0) is 14.5. The number of hydrogen-bond acceptors (Lipinski definition) is 3. The lowest BCUT2D eigenvalue weighted by Crippen LogP contribution is -2.22. The molecule has 3 heteroatoms. The number of benzene rings is 1. The van der Waals surface area contributed by atoms with Crippen LogP contribution in [0.15, 0.2) is 48.0 Å². The second-order valence-electron chi connectivity index (χ2n) is 5.34. The third kappa shape index (κ3) is 3.92. The van der Waals surface area contributed by atoms with Gasteiger partial charge >= 0.3 is 0 Å². The predicted molar refractivity (Wildman–Crippen MR) is 85.6 cm³/mol. The molecule has 21 heavy (non-hydrogen) atoms. The standard InChI is InChI=1S/C18H20N2O/c1-14-4-2-7-18(20-14)21-17-6-3-5-16(13-17)12-15-8-10-19-11-9-15/h2-7,12-13,19H,8-11H2,1H3. The van der Waals surface area contributed by atoms with Gasteiger partial charge in [0, 0.05) is 11.8 Å². The van der Waals surface area contributed by atoms with Crippen molar-refractivity contribution in [3.63, 3.8) is 0 Å². The maximum Gasteiger partial charge on any atom is 0.219 e. The van der Waals surface area contributed by atoms with Gasteiger partial charge in [0.25, 0.3) is 0 Å². The fourth-order valence-electron chi connectivity index (χ4n) is 2.49. The predicted octanol–water partition coefficient (Wildman–Crippen LogP) is 3.95. The highest BCUT2D eigenvalue weighted by Gasteiger charge is 2.05. The Hall–Kier alpha value is -2.13. The van der Waals surface area contributed by atoms with Gasteiger partial charge in [0.15, 0.2) is 0 Å². The van der Waals surface area contributed by atoms with Crippen LogP contribution < -0.4 is 10.1 Å². The molecular weight excluding hydrogens is 260 g/mol. The summed E-state index contributed by atoms with van der Waals surface area (Å²) in [7, 11) is 0. The molecule has 2 aromatic rings. The zero-order valence-corrected chi connectivity index (χ0v) is 12.3. The molecule has 0 radical (unpaired) electrons. The van der Waals surface area contributed by atoms with E-state index in [9.17, 15) is 0 Å². The molecule has 0 atom stereocenters. The molecule has 3 nitrogen and oxygen atoms in total. The molecule has 0 aliphatic carbocycles. The molecule has 0 bridgehead atoms. The summed E-state index contributed by atoms with van der Waals surface area (Å²) >= 11 is 0.